The third-order valence-electron chi connectivity index (χ3n) is 2.87. The Balaban J connectivity index is 2.40. The first-order chi connectivity index (χ1) is 7.79. The van der Waals surface area contributed by atoms with Gasteiger partial charge in [-0.1, -0.05) is 6.08 Å². The molecule has 1 rings (SSSR count). The van der Waals surface area contributed by atoms with Gasteiger partial charge in [0.15, 0.2) is 0 Å². The summed E-state index contributed by atoms with van der Waals surface area (Å²) in [5.41, 5.74) is 0. The number of aliphatic hydroxyl groups excluding tert-OH is 1. The van der Waals surface area contributed by atoms with Gasteiger partial charge in [-0.25, -0.2) is 0 Å². The standard InChI is InChI=1S/C12H21NO2S/c1-2-9-16-10-12(15)13-7-4-3-5-11(13)6-8-14/h2,11,14H,1,3-10H2. The Kier molecular flexibility index (Phi) is 6.57. The van der Waals surface area contributed by atoms with E-state index in [-0.39, 0.29) is 18.6 Å². The highest BCUT2D eigenvalue weighted by Crippen LogP contribution is 2.20. The van der Waals surface area contributed by atoms with E-state index in [1.54, 1.807) is 11.8 Å². The molecule has 0 aromatic carbocycles. The van der Waals surface area contributed by atoms with Crippen LogP contribution in [-0.2, 0) is 4.79 Å². The normalized spacial score (nSPS) is 20.8. The van der Waals surface area contributed by atoms with Crippen LogP contribution in [0.2, 0.25) is 0 Å². The second kappa shape index (κ2) is 7.74. The van der Waals surface area contributed by atoms with Gasteiger partial charge in [0.05, 0.1) is 5.75 Å². The molecule has 1 aliphatic rings. The molecule has 4 heteroatoms. The van der Waals surface area contributed by atoms with Crippen LogP contribution in [0.25, 0.3) is 0 Å². The third kappa shape index (κ3) is 4.18. The Morgan fingerprint density at radius 3 is 3.06 bits per heavy atom. The number of hydrogen-bond acceptors (Lipinski definition) is 3. The third-order valence-corrected chi connectivity index (χ3v) is 3.79. The van der Waals surface area contributed by atoms with Crippen molar-refractivity contribution >= 4 is 17.7 Å². The molecular formula is C12H21NO2S. The molecule has 92 valence electrons. The molecule has 1 heterocycles. The highest BCUT2D eigenvalue weighted by Gasteiger charge is 2.25. The average molecular weight is 243 g/mol. The molecule has 1 N–H and O–H groups in total. The van der Waals surface area contributed by atoms with Gasteiger partial charge in [0.2, 0.25) is 5.91 Å². The van der Waals surface area contributed by atoms with Gasteiger partial charge in [-0.2, -0.15) is 0 Å². The number of rotatable bonds is 6. The van der Waals surface area contributed by atoms with Gasteiger partial charge in [-0.05, 0) is 25.7 Å². The van der Waals surface area contributed by atoms with Crippen molar-refractivity contribution in [2.45, 2.75) is 31.7 Å². The van der Waals surface area contributed by atoms with Crippen molar-refractivity contribution in [2.75, 3.05) is 24.7 Å². The van der Waals surface area contributed by atoms with E-state index in [2.05, 4.69) is 6.58 Å². The number of thioether (sulfide) groups is 1. The van der Waals surface area contributed by atoms with Gasteiger partial charge in [0.25, 0.3) is 0 Å². The molecule has 1 fully saturated rings. The molecule has 16 heavy (non-hydrogen) atoms. The maximum Gasteiger partial charge on any atom is 0.232 e. The molecule has 3 nitrogen and oxygen atoms in total. The minimum absolute atomic E-state index is 0.175. The largest absolute Gasteiger partial charge is 0.396 e. The van der Waals surface area contributed by atoms with Crippen LogP contribution in [-0.4, -0.2) is 46.6 Å². The Bertz CT molecular complexity index is 231. The minimum atomic E-state index is 0.175. The molecule has 0 radical (unpaired) electrons. The van der Waals surface area contributed by atoms with E-state index >= 15 is 0 Å². The first-order valence-electron chi connectivity index (χ1n) is 5.88. The van der Waals surface area contributed by atoms with E-state index in [4.69, 9.17) is 5.11 Å². The summed E-state index contributed by atoms with van der Waals surface area (Å²) in [7, 11) is 0. The molecule has 0 aliphatic carbocycles. The van der Waals surface area contributed by atoms with E-state index in [1.165, 1.54) is 6.42 Å². The Hall–Kier alpha value is -0.480. The summed E-state index contributed by atoms with van der Waals surface area (Å²) >= 11 is 1.60. The lowest BCUT2D eigenvalue weighted by Gasteiger charge is -2.35. The molecule has 1 unspecified atom stereocenters. The van der Waals surface area contributed by atoms with Crippen molar-refractivity contribution in [3.8, 4) is 0 Å². The van der Waals surface area contributed by atoms with Crippen molar-refractivity contribution in [3.05, 3.63) is 12.7 Å². The summed E-state index contributed by atoms with van der Waals surface area (Å²) in [6.07, 6.45) is 5.85. The van der Waals surface area contributed by atoms with E-state index < -0.39 is 0 Å². The van der Waals surface area contributed by atoms with Crippen molar-refractivity contribution < 1.29 is 9.90 Å². The van der Waals surface area contributed by atoms with Crippen LogP contribution in [0.15, 0.2) is 12.7 Å². The molecule has 1 saturated heterocycles. The molecule has 0 aromatic rings. The van der Waals surface area contributed by atoms with Gasteiger partial charge < -0.3 is 10.0 Å². The van der Waals surface area contributed by atoms with E-state index in [0.717, 1.165) is 31.6 Å². The molecule has 0 saturated carbocycles. The second-order valence-corrected chi connectivity index (χ2v) is 5.08. The van der Waals surface area contributed by atoms with Crippen molar-refractivity contribution in [3.63, 3.8) is 0 Å². The maximum atomic E-state index is 11.9. The first-order valence-corrected chi connectivity index (χ1v) is 7.04. The van der Waals surface area contributed by atoms with Gasteiger partial charge in [-0.15, -0.1) is 18.3 Å². The number of aliphatic hydroxyl groups is 1. The Labute approximate surface area is 102 Å². The summed E-state index contributed by atoms with van der Waals surface area (Å²) in [5, 5.41) is 8.98. The zero-order valence-electron chi connectivity index (χ0n) is 9.73. The van der Waals surface area contributed by atoms with Crippen molar-refractivity contribution in [1.29, 1.82) is 0 Å². The SMILES string of the molecule is C=CCSCC(=O)N1CCCCC1CCO. The van der Waals surface area contributed by atoms with Crippen LogP contribution in [0.4, 0.5) is 0 Å². The van der Waals surface area contributed by atoms with E-state index in [9.17, 15) is 4.79 Å². The molecule has 0 aromatic heterocycles. The smallest absolute Gasteiger partial charge is 0.232 e. The summed E-state index contributed by atoms with van der Waals surface area (Å²) in [6.45, 7) is 4.67. The fourth-order valence-electron chi connectivity index (χ4n) is 2.09. The van der Waals surface area contributed by atoms with Crippen LogP contribution in [0, 0.1) is 0 Å². The number of likely N-dealkylation sites (tertiary alicyclic amines) is 1. The minimum Gasteiger partial charge on any atom is -0.396 e. The van der Waals surface area contributed by atoms with Gasteiger partial charge >= 0.3 is 0 Å². The lowest BCUT2D eigenvalue weighted by Crippen LogP contribution is -2.45. The van der Waals surface area contributed by atoms with Crippen molar-refractivity contribution in [1.82, 2.24) is 4.90 Å². The van der Waals surface area contributed by atoms with E-state index in [0.29, 0.717) is 5.75 Å². The van der Waals surface area contributed by atoms with Gasteiger partial charge in [0.1, 0.15) is 0 Å². The zero-order valence-corrected chi connectivity index (χ0v) is 10.5. The number of amides is 1. The number of carbonyl (C=O) groups excluding carboxylic acids is 1. The first kappa shape index (κ1) is 13.6. The molecular weight excluding hydrogens is 222 g/mol. The number of hydrogen-bond donors (Lipinski definition) is 1. The lowest BCUT2D eigenvalue weighted by atomic mass is 10.00. The predicted molar refractivity (Wildman–Crippen MR) is 68.6 cm³/mol. The monoisotopic (exact) mass is 243 g/mol. The van der Waals surface area contributed by atoms with Crippen LogP contribution >= 0.6 is 11.8 Å². The number of piperidine rings is 1. The summed E-state index contributed by atoms with van der Waals surface area (Å²) in [4.78, 5) is 13.9. The lowest BCUT2D eigenvalue weighted by molar-refractivity contribution is -0.132. The van der Waals surface area contributed by atoms with Crippen LogP contribution in [0.1, 0.15) is 25.7 Å². The summed E-state index contributed by atoms with van der Waals surface area (Å²) in [6, 6.07) is 0.260. The summed E-state index contributed by atoms with van der Waals surface area (Å²) in [5.74, 6) is 1.57. The average Bonchev–Trinajstić information content (AvgIpc) is 2.30. The molecule has 1 atom stereocenters. The fraction of sp³-hybridized carbons (Fsp3) is 0.750. The molecule has 0 bridgehead atoms. The fourth-order valence-corrected chi connectivity index (χ4v) is 2.72. The van der Waals surface area contributed by atoms with Gasteiger partial charge in [0, 0.05) is 24.9 Å². The maximum absolute atomic E-state index is 11.9. The zero-order chi connectivity index (χ0) is 11.8. The van der Waals surface area contributed by atoms with E-state index in [1.807, 2.05) is 11.0 Å². The van der Waals surface area contributed by atoms with Crippen LogP contribution < -0.4 is 0 Å². The molecule has 1 amide bonds. The van der Waals surface area contributed by atoms with Crippen LogP contribution in [0.5, 0.6) is 0 Å². The molecule has 0 spiro atoms. The van der Waals surface area contributed by atoms with Gasteiger partial charge in [-0.3, -0.25) is 4.79 Å². The number of carbonyl (C=O) groups is 1. The highest BCUT2D eigenvalue weighted by molar-refractivity contribution is 8.00. The van der Waals surface area contributed by atoms with Crippen molar-refractivity contribution in [2.24, 2.45) is 0 Å². The molecule has 1 aliphatic heterocycles. The Morgan fingerprint density at radius 2 is 2.38 bits per heavy atom. The topological polar surface area (TPSA) is 40.5 Å². The number of nitrogens with zero attached hydrogens (tertiary/aromatic N) is 1. The summed E-state index contributed by atoms with van der Waals surface area (Å²) < 4.78 is 0. The quantitative estimate of drug-likeness (QED) is 0.570. The second-order valence-electron chi connectivity index (χ2n) is 4.05. The Morgan fingerprint density at radius 1 is 1.56 bits per heavy atom. The van der Waals surface area contributed by atoms with Crippen LogP contribution in [0.3, 0.4) is 0 Å². The highest BCUT2D eigenvalue weighted by atomic mass is 32.2. The predicted octanol–water partition coefficient (Wildman–Crippen LogP) is 1.67.